The molecule has 1 fully saturated rings. The van der Waals surface area contributed by atoms with Crippen LogP contribution in [0.2, 0.25) is 0 Å². The predicted octanol–water partition coefficient (Wildman–Crippen LogP) is 2.23. The number of carbonyl (C=O) groups is 3. The highest BCUT2D eigenvalue weighted by atomic mass is 19.4. The lowest BCUT2D eigenvalue weighted by atomic mass is 10.2. The molecule has 0 aromatic heterocycles. The van der Waals surface area contributed by atoms with E-state index in [2.05, 4.69) is 0 Å². The largest absolute Gasteiger partial charge is 0.458 e. The molecule has 0 atom stereocenters. The first-order valence-corrected chi connectivity index (χ1v) is 4.60. The molecule has 104 valence electrons. The highest BCUT2D eigenvalue weighted by Crippen LogP contribution is 2.29. The number of ketones is 3. The van der Waals surface area contributed by atoms with Crippen LogP contribution in [0.25, 0.3) is 0 Å². The van der Waals surface area contributed by atoms with Gasteiger partial charge >= 0.3 is 23.9 Å². The number of carbonyl (C=O) groups excluding carboxylic acids is 3. The van der Waals surface area contributed by atoms with Crippen molar-refractivity contribution in [3.8, 4) is 0 Å². The van der Waals surface area contributed by atoms with E-state index >= 15 is 0 Å². The van der Waals surface area contributed by atoms with E-state index in [1.165, 1.54) is 0 Å². The van der Waals surface area contributed by atoms with Crippen LogP contribution in [-0.2, 0) is 14.4 Å². The lowest BCUT2D eigenvalue weighted by molar-refractivity contribution is -0.193. The molecule has 1 rings (SSSR count). The van der Waals surface area contributed by atoms with Gasteiger partial charge in [-0.3, -0.25) is 14.4 Å². The van der Waals surface area contributed by atoms with Gasteiger partial charge in [0.05, 0.1) is 0 Å². The van der Waals surface area contributed by atoms with Crippen LogP contribution in [-0.4, -0.2) is 29.7 Å². The van der Waals surface area contributed by atoms with Crippen LogP contribution in [0.3, 0.4) is 0 Å². The van der Waals surface area contributed by atoms with Gasteiger partial charge in [0.25, 0.3) is 0 Å². The SMILES string of the molecule is CC(=O)C1CC1.O=C(C(=O)C(F)(F)F)C(F)(F)F. The van der Waals surface area contributed by atoms with Gasteiger partial charge in [0, 0.05) is 5.92 Å². The van der Waals surface area contributed by atoms with Crippen molar-refractivity contribution in [3.05, 3.63) is 0 Å². The number of hydrogen-bond acceptors (Lipinski definition) is 3. The molecule has 18 heavy (non-hydrogen) atoms. The highest BCUT2D eigenvalue weighted by Gasteiger charge is 2.54. The fourth-order valence-electron chi connectivity index (χ4n) is 0.747. The van der Waals surface area contributed by atoms with Gasteiger partial charge in [-0.25, -0.2) is 0 Å². The monoisotopic (exact) mass is 278 g/mol. The molecular formula is C9H8F6O3. The molecule has 0 amide bonds. The second-order valence-corrected chi connectivity index (χ2v) is 3.54. The molecule has 0 unspecified atom stereocenters. The van der Waals surface area contributed by atoms with E-state index in [-0.39, 0.29) is 0 Å². The smallest absolute Gasteiger partial charge is 0.300 e. The van der Waals surface area contributed by atoms with Gasteiger partial charge in [-0.15, -0.1) is 0 Å². The molecule has 0 radical (unpaired) electrons. The molecule has 0 saturated heterocycles. The minimum Gasteiger partial charge on any atom is -0.300 e. The summed E-state index contributed by atoms with van der Waals surface area (Å²) in [5.41, 5.74) is 0. The number of hydrogen-bond donors (Lipinski definition) is 0. The predicted molar refractivity (Wildman–Crippen MR) is 45.5 cm³/mol. The fourth-order valence-corrected chi connectivity index (χ4v) is 0.747. The van der Waals surface area contributed by atoms with Crippen LogP contribution in [0, 0.1) is 5.92 Å². The molecule has 0 aromatic rings. The van der Waals surface area contributed by atoms with Crippen LogP contribution in [0.15, 0.2) is 0 Å². The molecule has 1 aliphatic carbocycles. The Hall–Kier alpha value is -1.41. The summed E-state index contributed by atoms with van der Waals surface area (Å²) >= 11 is 0. The van der Waals surface area contributed by atoms with Gasteiger partial charge in [0.1, 0.15) is 5.78 Å². The Morgan fingerprint density at radius 3 is 1.17 bits per heavy atom. The van der Waals surface area contributed by atoms with Crippen LogP contribution >= 0.6 is 0 Å². The summed E-state index contributed by atoms with van der Waals surface area (Å²) in [4.78, 5) is 29.4. The van der Waals surface area contributed by atoms with Crippen molar-refractivity contribution in [2.45, 2.75) is 32.1 Å². The molecule has 0 aromatic carbocycles. The second kappa shape index (κ2) is 5.49. The van der Waals surface area contributed by atoms with Crippen molar-refractivity contribution in [2.75, 3.05) is 0 Å². The third-order valence-electron chi connectivity index (χ3n) is 1.87. The average molecular weight is 278 g/mol. The molecule has 3 nitrogen and oxygen atoms in total. The van der Waals surface area contributed by atoms with Gasteiger partial charge in [0.15, 0.2) is 0 Å². The van der Waals surface area contributed by atoms with Crippen molar-refractivity contribution in [3.63, 3.8) is 0 Å². The number of halogens is 6. The van der Waals surface area contributed by atoms with Gasteiger partial charge < -0.3 is 0 Å². The Bertz CT molecular complexity index is 326. The van der Waals surface area contributed by atoms with E-state index in [0.717, 1.165) is 12.8 Å². The normalized spacial score (nSPS) is 15.5. The van der Waals surface area contributed by atoms with Crippen molar-refractivity contribution in [1.82, 2.24) is 0 Å². The summed E-state index contributed by atoms with van der Waals surface area (Å²) in [6.45, 7) is 1.66. The summed E-state index contributed by atoms with van der Waals surface area (Å²) in [5.74, 6) is -5.98. The van der Waals surface area contributed by atoms with E-state index in [1.54, 1.807) is 6.92 Å². The Kier molecular flexibility index (Phi) is 5.06. The summed E-state index contributed by atoms with van der Waals surface area (Å²) in [6.07, 6.45) is -9.25. The zero-order valence-electron chi connectivity index (χ0n) is 8.98. The molecule has 0 N–H and O–H groups in total. The lowest BCUT2D eigenvalue weighted by Crippen LogP contribution is -2.39. The summed E-state index contributed by atoms with van der Waals surface area (Å²) < 4.78 is 67.0. The molecule has 0 bridgehead atoms. The highest BCUT2D eigenvalue weighted by molar-refractivity contribution is 6.41. The van der Waals surface area contributed by atoms with E-state index in [4.69, 9.17) is 0 Å². The first kappa shape index (κ1) is 16.6. The first-order valence-electron chi connectivity index (χ1n) is 4.60. The second-order valence-electron chi connectivity index (χ2n) is 3.54. The lowest BCUT2D eigenvalue weighted by Gasteiger charge is -2.05. The third-order valence-corrected chi connectivity index (χ3v) is 1.87. The van der Waals surface area contributed by atoms with Crippen LogP contribution in [0.4, 0.5) is 26.3 Å². The molecule has 1 aliphatic rings. The van der Waals surface area contributed by atoms with Gasteiger partial charge in [-0.05, 0) is 19.8 Å². The topological polar surface area (TPSA) is 51.2 Å². The Balaban J connectivity index is 0.000000397. The maximum Gasteiger partial charge on any atom is 0.458 e. The fraction of sp³-hybridized carbons (Fsp3) is 0.667. The standard InChI is InChI=1S/C5H8O.C4F6O2/c1-4(6)5-2-3-5;5-3(6,7)1(11)2(12)4(8,9)10/h5H,2-3H2,1H3;. The Labute approximate surface area is 97.1 Å². The van der Waals surface area contributed by atoms with Crippen molar-refractivity contribution in [1.29, 1.82) is 0 Å². The Morgan fingerprint density at radius 1 is 0.833 bits per heavy atom. The molecular weight excluding hydrogens is 270 g/mol. The number of alkyl halides is 6. The maximum absolute atomic E-state index is 11.2. The minimum absolute atomic E-state index is 0.370. The number of rotatable bonds is 2. The quantitative estimate of drug-likeness (QED) is 0.575. The van der Waals surface area contributed by atoms with Crippen LogP contribution in [0.1, 0.15) is 19.8 Å². The molecule has 9 heteroatoms. The Morgan fingerprint density at radius 2 is 1.11 bits per heavy atom. The van der Waals surface area contributed by atoms with E-state index in [9.17, 15) is 40.7 Å². The molecule has 1 saturated carbocycles. The van der Waals surface area contributed by atoms with Crippen molar-refractivity contribution in [2.24, 2.45) is 5.92 Å². The number of Topliss-reactive ketones (excluding diaryl/α,β-unsaturated/α-hetero) is 3. The summed E-state index contributed by atoms with van der Waals surface area (Å²) in [6, 6.07) is 0. The van der Waals surface area contributed by atoms with Gasteiger partial charge in [-0.1, -0.05) is 0 Å². The van der Waals surface area contributed by atoms with Crippen LogP contribution in [0.5, 0.6) is 0 Å². The van der Waals surface area contributed by atoms with Crippen molar-refractivity contribution >= 4 is 17.3 Å². The van der Waals surface area contributed by atoms with E-state index in [1.807, 2.05) is 0 Å². The molecule has 0 heterocycles. The molecule has 0 spiro atoms. The average Bonchev–Trinajstić information content (AvgIpc) is 2.96. The van der Waals surface area contributed by atoms with Crippen LogP contribution < -0.4 is 0 Å². The third kappa shape index (κ3) is 5.78. The minimum atomic E-state index is -5.77. The van der Waals surface area contributed by atoms with E-state index < -0.39 is 23.9 Å². The zero-order chi connectivity index (χ0) is 14.7. The van der Waals surface area contributed by atoms with Gasteiger partial charge in [-0.2, -0.15) is 26.3 Å². The first-order chi connectivity index (χ1) is 7.87. The zero-order valence-corrected chi connectivity index (χ0v) is 8.98. The van der Waals surface area contributed by atoms with Crippen molar-refractivity contribution < 1.29 is 40.7 Å². The maximum atomic E-state index is 11.2. The van der Waals surface area contributed by atoms with Gasteiger partial charge in [0.2, 0.25) is 0 Å². The summed E-state index contributed by atoms with van der Waals surface area (Å²) in [5, 5.41) is 0. The molecule has 0 aliphatic heterocycles. The van der Waals surface area contributed by atoms with E-state index in [0.29, 0.717) is 11.7 Å². The summed E-state index contributed by atoms with van der Waals surface area (Å²) in [7, 11) is 0.